The molecule has 2 aliphatic carbocycles. The zero-order valence-electron chi connectivity index (χ0n) is 10.3. The average Bonchev–Trinajstić information content (AvgIpc) is 3.13. The molecule has 1 nitrogen and oxygen atoms in total. The Morgan fingerprint density at radius 1 is 0.789 bits per heavy atom. The van der Waals surface area contributed by atoms with Gasteiger partial charge in [-0.1, -0.05) is 54.6 Å². The second kappa shape index (κ2) is 2.89. The summed E-state index contributed by atoms with van der Waals surface area (Å²) in [4.78, 5) is 0. The highest BCUT2D eigenvalue weighted by Crippen LogP contribution is 2.62. The lowest BCUT2D eigenvalue weighted by Crippen LogP contribution is -2.37. The van der Waals surface area contributed by atoms with Crippen LogP contribution in [0.3, 0.4) is 0 Å². The lowest BCUT2D eigenvalue weighted by Gasteiger charge is -2.21. The number of epoxide rings is 1. The molecule has 1 heteroatoms. The molecule has 3 aliphatic rings. The van der Waals surface area contributed by atoms with Crippen molar-refractivity contribution in [2.24, 2.45) is 0 Å². The Labute approximate surface area is 111 Å². The molecule has 19 heavy (non-hydrogen) atoms. The molecule has 0 saturated carbocycles. The van der Waals surface area contributed by atoms with Gasteiger partial charge in [0.05, 0.1) is 0 Å². The van der Waals surface area contributed by atoms with Gasteiger partial charge in [0.1, 0.15) is 5.60 Å². The number of ether oxygens (including phenoxy) is 1. The van der Waals surface area contributed by atoms with Gasteiger partial charge < -0.3 is 4.74 Å². The maximum absolute atomic E-state index is 6.22. The summed E-state index contributed by atoms with van der Waals surface area (Å²) in [5, 5.41) is 2.53. The smallest absolute Gasteiger partial charge is 0.151 e. The summed E-state index contributed by atoms with van der Waals surface area (Å²) in [5.41, 5.74) is 2.02. The Morgan fingerprint density at radius 2 is 1.53 bits per heavy atom. The minimum Gasteiger partial charge on any atom is -0.344 e. The highest BCUT2D eigenvalue weighted by molar-refractivity contribution is 5.78. The lowest BCUT2D eigenvalue weighted by molar-refractivity contribution is 0.342. The molecule has 0 bridgehead atoms. The van der Waals surface area contributed by atoms with E-state index in [4.69, 9.17) is 4.74 Å². The molecule has 0 amide bonds. The minimum absolute atomic E-state index is 0.254. The van der Waals surface area contributed by atoms with Gasteiger partial charge in [-0.3, -0.25) is 0 Å². The number of rotatable bonds is 0. The molecule has 2 aromatic rings. The Bertz CT molecular complexity index is 861. The van der Waals surface area contributed by atoms with Crippen molar-refractivity contribution in [2.75, 3.05) is 0 Å². The van der Waals surface area contributed by atoms with Crippen LogP contribution in [0.5, 0.6) is 0 Å². The van der Waals surface area contributed by atoms with E-state index in [2.05, 4.69) is 72.8 Å². The average molecular weight is 244 g/mol. The predicted octanol–water partition coefficient (Wildman–Crippen LogP) is 1.95. The topological polar surface area (TPSA) is 12.5 Å². The second-order valence-corrected chi connectivity index (χ2v) is 5.47. The second-order valence-electron chi connectivity index (χ2n) is 5.47. The molecule has 0 aromatic heterocycles. The molecular weight excluding hydrogens is 232 g/mol. The largest absolute Gasteiger partial charge is 0.344 e. The molecule has 2 aromatic carbocycles. The van der Waals surface area contributed by atoms with Crippen LogP contribution >= 0.6 is 0 Å². The van der Waals surface area contributed by atoms with Gasteiger partial charge in [0.15, 0.2) is 5.60 Å². The fourth-order valence-electron chi connectivity index (χ4n) is 3.49. The Morgan fingerprint density at radius 3 is 2.42 bits per heavy atom. The maximum atomic E-state index is 6.22. The van der Waals surface area contributed by atoms with Crippen LogP contribution in [0.25, 0.3) is 18.2 Å². The van der Waals surface area contributed by atoms with Crippen molar-refractivity contribution in [3.05, 3.63) is 76.2 Å². The first-order valence-corrected chi connectivity index (χ1v) is 6.63. The fraction of sp³-hybridized carbons (Fsp3) is 0.111. The van der Waals surface area contributed by atoms with E-state index in [0.29, 0.717) is 0 Å². The van der Waals surface area contributed by atoms with Gasteiger partial charge in [-0.15, -0.1) is 0 Å². The molecule has 2 unspecified atom stereocenters. The van der Waals surface area contributed by atoms with Crippen LogP contribution in [-0.2, 0) is 10.3 Å². The highest BCUT2D eigenvalue weighted by atomic mass is 16.6. The van der Waals surface area contributed by atoms with Crippen molar-refractivity contribution >= 4 is 18.2 Å². The fourth-order valence-corrected chi connectivity index (χ4v) is 3.49. The van der Waals surface area contributed by atoms with Crippen LogP contribution in [0, 0.1) is 0 Å². The van der Waals surface area contributed by atoms with Crippen LogP contribution in [0.4, 0.5) is 0 Å². The van der Waals surface area contributed by atoms with Crippen LogP contribution in [0.15, 0.2) is 54.6 Å². The normalized spacial score (nSPS) is 32.0. The third kappa shape index (κ3) is 1.02. The molecule has 1 aliphatic heterocycles. The molecule has 90 valence electrons. The zero-order valence-corrected chi connectivity index (χ0v) is 10.3. The summed E-state index contributed by atoms with van der Waals surface area (Å²) in [6.45, 7) is 0. The Kier molecular flexibility index (Phi) is 1.49. The van der Waals surface area contributed by atoms with E-state index in [1.165, 1.54) is 21.6 Å². The molecule has 1 fully saturated rings. The van der Waals surface area contributed by atoms with Crippen LogP contribution in [0.1, 0.15) is 11.1 Å². The van der Waals surface area contributed by atoms with E-state index >= 15 is 0 Å². The quantitative estimate of drug-likeness (QED) is 0.645. The number of benzene rings is 2. The van der Waals surface area contributed by atoms with E-state index in [9.17, 15) is 0 Å². The third-order valence-corrected chi connectivity index (χ3v) is 4.46. The number of fused-ring (bicyclic) bond motifs is 2. The summed E-state index contributed by atoms with van der Waals surface area (Å²) in [7, 11) is 0. The summed E-state index contributed by atoms with van der Waals surface area (Å²) in [5.74, 6) is 0. The van der Waals surface area contributed by atoms with Gasteiger partial charge in [-0.05, 0) is 39.8 Å². The molecule has 5 rings (SSSR count). The van der Waals surface area contributed by atoms with Crippen molar-refractivity contribution in [3.63, 3.8) is 0 Å². The molecule has 2 atom stereocenters. The number of hydrogen-bond acceptors (Lipinski definition) is 1. The third-order valence-electron chi connectivity index (χ3n) is 4.46. The van der Waals surface area contributed by atoms with Crippen LogP contribution in [-0.4, -0.2) is 5.60 Å². The molecule has 1 saturated heterocycles. The van der Waals surface area contributed by atoms with Crippen molar-refractivity contribution in [1.82, 2.24) is 0 Å². The summed E-state index contributed by atoms with van der Waals surface area (Å²) in [6.07, 6.45) is 8.92. The lowest BCUT2D eigenvalue weighted by atomic mass is 9.76. The number of hydrogen-bond donors (Lipinski definition) is 0. The molecule has 1 heterocycles. The van der Waals surface area contributed by atoms with Crippen molar-refractivity contribution in [2.45, 2.75) is 11.2 Å². The Balaban J connectivity index is 1.90. The van der Waals surface area contributed by atoms with Crippen molar-refractivity contribution in [3.8, 4) is 0 Å². The van der Waals surface area contributed by atoms with Gasteiger partial charge in [0.25, 0.3) is 0 Å². The minimum atomic E-state index is -0.271. The first-order valence-electron chi connectivity index (χ1n) is 6.63. The zero-order chi connectivity index (χ0) is 12.5. The van der Waals surface area contributed by atoms with Gasteiger partial charge in [0.2, 0.25) is 0 Å². The summed E-state index contributed by atoms with van der Waals surface area (Å²) in [6, 6.07) is 17.0. The van der Waals surface area contributed by atoms with Gasteiger partial charge in [0, 0.05) is 0 Å². The van der Waals surface area contributed by atoms with E-state index in [1.54, 1.807) is 0 Å². The van der Waals surface area contributed by atoms with Gasteiger partial charge in [-0.25, -0.2) is 0 Å². The van der Waals surface area contributed by atoms with Crippen molar-refractivity contribution in [1.29, 1.82) is 0 Å². The molecule has 0 spiro atoms. The standard InChI is InChI=1S/C18H12O/c1-2-7-15-12-18-16-8-4-3-5-13(16)9-10-17(18,19-18)11-14(15)6-1/h1-12H. The van der Waals surface area contributed by atoms with Crippen molar-refractivity contribution < 1.29 is 4.74 Å². The van der Waals surface area contributed by atoms with Gasteiger partial charge >= 0.3 is 0 Å². The Hall–Kier alpha value is -2.12. The first-order chi connectivity index (χ1) is 9.33. The summed E-state index contributed by atoms with van der Waals surface area (Å²) >= 11 is 0. The molecule has 0 radical (unpaired) electrons. The monoisotopic (exact) mass is 244 g/mol. The van der Waals surface area contributed by atoms with Crippen LogP contribution < -0.4 is 10.4 Å². The van der Waals surface area contributed by atoms with Crippen LogP contribution in [0.2, 0.25) is 0 Å². The van der Waals surface area contributed by atoms with E-state index in [-0.39, 0.29) is 11.2 Å². The SMILES string of the molecule is C1=CC23C=c4ccccc4=CC2(O3)c2ccccc21. The van der Waals surface area contributed by atoms with E-state index in [1.807, 2.05) is 0 Å². The van der Waals surface area contributed by atoms with Gasteiger partial charge in [-0.2, -0.15) is 0 Å². The first kappa shape index (κ1) is 9.76. The van der Waals surface area contributed by atoms with E-state index in [0.717, 1.165) is 0 Å². The van der Waals surface area contributed by atoms with E-state index < -0.39 is 0 Å². The predicted molar refractivity (Wildman–Crippen MR) is 75.6 cm³/mol. The molecule has 0 N–H and O–H groups in total. The highest BCUT2D eigenvalue weighted by Gasteiger charge is 2.69. The maximum Gasteiger partial charge on any atom is 0.151 e. The molecular formula is C18H12O. The summed E-state index contributed by atoms with van der Waals surface area (Å²) < 4.78 is 6.22.